The van der Waals surface area contributed by atoms with Gasteiger partial charge in [0.2, 0.25) is 0 Å². The molecule has 0 amide bonds. The van der Waals surface area contributed by atoms with Gasteiger partial charge in [-0.1, -0.05) is 19.8 Å². The third-order valence-corrected chi connectivity index (χ3v) is 1.57. The summed E-state index contributed by atoms with van der Waals surface area (Å²) in [5.74, 6) is 0. The van der Waals surface area contributed by atoms with E-state index in [0.29, 0.717) is 12.8 Å². The lowest BCUT2D eigenvalue weighted by atomic mass is 10.1. The third-order valence-electron chi connectivity index (χ3n) is 1.57. The number of aliphatic hydroxyl groups is 1. The third kappa shape index (κ3) is 6.05. The van der Waals surface area contributed by atoms with Gasteiger partial charge in [0.1, 0.15) is 0 Å². The van der Waals surface area contributed by atoms with Crippen LogP contribution in [0.4, 0.5) is 0 Å². The van der Waals surface area contributed by atoms with Crippen molar-refractivity contribution >= 4 is 0 Å². The first-order chi connectivity index (χ1) is 4.81. The van der Waals surface area contributed by atoms with E-state index < -0.39 is 0 Å². The summed E-state index contributed by atoms with van der Waals surface area (Å²) in [6, 6.07) is 0. The SMILES string of the molecule is CCCCC(O)CCC[O]. The zero-order valence-electron chi connectivity index (χ0n) is 6.68. The largest absolute Gasteiger partial charge is 0.393 e. The van der Waals surface area contributed by atoms with E-state index in [1.807, 2.05) is 0 Å². The van der Waals surface area contributed by atoms with Gasteiger partial charge in [-0.2, -0.15) is 0 Å². The molecule has 0 rings (SSSR count). The quantitative estimate of drug-likeness (QED) is 0.607. The lowest BCUT2D eigenvalue weighted by Crippen LogP contribution is -2.06. The molecule has 1 atom stereocenters. The van der Waals surface area contributed by atoms with E-state index in [2.05, 4.69) is 6.92 Å². The molecule has 10 heavy (non-hydrogen) atoms. The summed E-state index contributed by atoms with van der Waals surface area (Å²) in [6.45, 7) is 2.05. The minimum absolute atomic E-state index is 0.0524. The Kier molecular flexibility index (Phi) is 6.98. The molecular formula is C8H17O2. The number of unbranched alkanes of at least 4 members (excludes halogenated alkanes) is 1. The molecule has 0 aliphatic heterocycles. The Morgan fingerprint density at radius 3 is 2.40 bits per heavy atom. The van der Waals surface area contributed by atoms with Gasteiger partial charge in [0.25, 0.3) is 0 Å². The van der Waals surface area contributed by atoms with Crippen LogP contribution in [-0.2, 0) is 5.11 Å². The number of hydrogen-bond donors (Lipinski definition) is 1. The minimum atomic E-state index is -0.228. The molecule has 0 bridgehead atoms. The smallest absolute Gasteiger partial charge is 0.0823 e. The lowest BCUT2D eigenvalue weighted by Gasteiger charge is -2.06. The average Bonchev–Trinajstić information content (AvgIpc) is 1.97. The van der Waals surface area contributed by atoms with Gasteiger partial charge in [0, 0.05) is 0 Å². The molecule has 0 saturated carbocycles. The Labute approximate surface area is 62.9 Å². The predicted octanol–water partition coefficient (Wildman–Crippen LogP) is 1.75. The van der Waals surface area contributed by atoms with E-state index in [1.54, 1.807) is 0 Å². The van der Waals surface area contributed by atoms with Crippen molar-refractivity contribution in [3.8, 4) is 0 Å². The van der Waals surface area contributed by atoms with E-state index >= 15 is 0 Å². The topological polar surface area (TPSA) is 40.1 Å². The molecule has 2 heteroatoms. The fourth-order valence-electron chi connectivity index (χ4n) is 0.903. The zero-order chi connectivity index (χ0) is 7.82. The molecule has 0 aromatic carbocycles. The van der Waals surface area contributed by atoms with Crippen molar-refractivity contribution in [1.82, 2.24) is 0 Å². The number of hydrogen-bond acceptors (Lipinski definition) is 1. The fourth-order valence-corrected chi connectivity index (χ4v) is 0.903. The van der Waals surface area contributed by atoms with Crippen LogP contribution in [0.1, 0.15) is 39.0 Å². The van der Waals surface area contributed by atoms with Crippen molar-refractivity contribution < 1.29 is 10.2 Å². The molecule has 0 spiro atoms. The van der Waals surface area contributed by atoms with E-state index in [1.165, 1.54) is 0 Å². The predicted molar refractivity (Wildman–Crippen MR) is 40.3 cm³/mol. The summed E-state index contributed by atoms with van der Waals surface area (Å²) >= 11 is 0. The van der Waals surface area contributed by atoms with Crippen LogP contribution in [0.25, 0.3) is 0 Å². The first kappa shape index (κ1) is 9.92. The Morgan fingerprint density at radius 2 is 1.90 bits per heavy atom. The maximum atomic E-state index is 10.00. The van der Waals surface area contributed by atoms with Crippen LogP contribution in [0.3, 0.4) is 0 Å². The van der Waals surface area contributed by atoms with Crippen molar-refractivity contribution in [2.24, 2.45) is 0 Å². The number of aliphatic hydroxyl groups excluding tert-OH is 1. The molecule has 0 aliphatic rings. The molecule has 0 aliphatic carbocycles. The summed E-state index contributed by atoms with van der Waals surface area (Å²) in [7, 11) is 0. The second-order valence-corrected chi connectivity index (χ2v) is 2.64. The molecule has 1 radical (unpaired) electrons. The standard InChI is InChI=1S/C8H17O2/c1-2-3-5-8(10)6-4-7-9/h8,10H,2-7H2,1H3. The van der Waals surface area contributed by atoms with Gasteiger partial charge in [0.15, 0.2) is 0 Å². The normalized spacial score (nSPS) is 13.5. The van der Waals surface area contributed by atoms with Crippen LogP contribution < -0.4 is 0 Å². The van der Waals surface area contributed by atoms with Gasteiger partial charge in [-0.25, -0.2) is 5.11 Å². The van der Waals surface area contributed by atoms with Crippen LogP contribution in [-0.4, -0.2) is 17.8 Å². The summed E-state index contributed by atoms with van der Waals surface area (Å²) in [6.07, 6.45) is 4.12. The van der Waals surface area contributed by atoms with E-state index in [4.69, 9.17) is 0 Å². The summed E-state index contributed by atoms with van der Waals surface area (Å²) in [4.78, 5) is 0. The first-order valence-electron chi connectivity index (χ1n) is 4.07. The van der Waals surface area contributed by atoms with Gasteiger partial charge in [-0.05, 0) is 19.3 Å². The minimum Gasteiger partial charge on any atom is -0.393 e. The Morgan fingerprint density at radius 1 is 1.30 bits per heavy atom. The second-order valence-electron chi connectivity index (χ2n) is 2.64. The van der Waals surface area contributed by atoms with E-state index in [9.17, 15) is 10.2 Å². The highest BCUT2D eigenvalue weighted by Crippen LogP contribution is 2.05. The summed E-state index contributed by atoms with van der Waals surface area (Å²) < 4.78 is 0. The summed E-state index contributed by atoms with van der Waals surface area (Å²) in [5, 5.41) is 19.2. The van der Waals surface area contributed by atoms with Gasteiger partial charge in [0.05, 0.1) is 12.7 Å². The average molecular weight is 145 g/mol. The van der Waals surface area contributed by atoms with Gasteiger partial charge in [-0.15, -0.1) is 0 Å². The van der Waals surface area contributed by atoms with Gasteiger partial charge >= 0.3 is 0 Å². The monoisotopic (exact) mass is 145 g/mol. The van der Waals surface area contributed by atoms with Crippen molar-refractivity contribution in [3.05, 3.63) is 0 Å². The lowest BCUT2D eigenvalue weighted by molar-refractivity contribution is 0.123. The first-order valence-corrected chi connectivity index (χ1v) is 4.07. The Balaban J connectivity index is 3.00. The van der Waals surface area contributed by atoms with Crippen LogP contribution in [0.5, 0.6) is 0 Å². The molecule has 1 N–H and O–H groups in total. The molecule has 0 heterocycles. The second kappa shape index (κ2) is 7.03. The Hall–Kier alpha value is -0.0800. The molecule has 0 saturated heterocycles. The van der Waals surface area contributed by atoms with Gasteiger partial charge in [-0.3, -0.25) is 0 Å². The van der Waals surface area contributed by atoms with Crippen molar-refractivity contribution in [2.45, 2.75) is 45.1 Å². The van der Waals surface area contributed by atoms with Crippen molar-refractivity contribution in [3.63, 3.8) is 0 Å². The van der Waals surface area contributed by atoms with Gasteiger partial charge < -0.3 is 5.11 Å². The molecule has 61 valence electrons. The molecule has 0 fully saturated rings. The van der Waals surface area contributed by atoms with Crippen molar-refractivity contribution in [2.75, 3.05) is 6.61 Å². The highest BCUT2D eigenvalue weighted by Gasteiger charge is 2.01. The molecular weight excluding hydrogens is 128 g/mol. The van der Waals surface area contributed by atoms with Crippen LogP contribution in [0.2, 0.25) is 0 Å². The molecule has 0 aromatic heterocycles. The summed E-state index contributed by atoms with van der Waals surface area (Å²) in [5.41, 5.74) is 0. The van der Waals surface area contributed by atoms with E-state index in [-0.39, 0.29) is 12.7 Å². The van der Waals surface area contributed by atoms with Crippen LogP contribution in [0.15, 0.2) is 0 Å². The maximum absolute atomic E-state index is 10.00. The maximum Gasteiger partial charge on any atom is 0.0823 e. The highest BCUT2D eigenvalue weighted by atomic mass is 16.3. The van der Waals surface area contributed by atoms with Crippen LogP contribution >= 0.6 is 0 Å². The Bertz CT molecular complexity index is 56.3. The zero-order valence-corrected chi connectivity index (χ0v) is 6.68. The molecule has 1 unspecified atom stereocenters. The highest BCUT2D eigenvalue weighted by molar-refractivity contribution is 4.54. The van der Waals surface area contributed by atoms with E-state index in [0.717, 1.165) is 19.3 Å². The van der Waals surface area contributed by atoms with Crippen molar-refractivity contribution in [1.29, 1.82) is 0 Å². The van der Waals surface area contributed by atoms with Crippen LogP contribution in [0, 0.1) is 0 Å². The molecule has 2 nitrogen and oxygen atoms in total. The molecule has 0 aromatic rings. The fraction of sp³-hybridized carbons (Fsp3) is 1.00. The number of rotatable bonds is 6.